The van der Waals surface area contributed by atoms with Gasteiger partial charge in [0.25, 0.3) is 0 Å². The summed E-state index contributed by atoms with van der Waals surface area (Å²) in [5.41, 5.74) is 0. The van der Waals surface area contributed by atoms with Crippen molar-refractivity contribution in [2.24, 2.45) is 0 Å². The topological polar surface area (TPSA) is 64.5 Å². The molecule has 21 heavy (non-hydrogen) atoms. The van der Waals surface area contributed by atoms with Crippen LogP contribution in [0.1, 0.15) is 11.5 Å². The average molecular weight is 285 g/mol. The van der Waals surface area contributed by atoms with Gasteiger partial charge in [-0.25, -0.2) is 4.98 Å². The Bertz CT molecular complexity index is 629. The summed E-state index contributed by atoms with van der Waals surface area (Å²) in [5.74, 6) is 2.73. The van der Waals surface area contributed by atoms with E-state index in [0.29, 0.717) is 24.9 Å². The number of furan rings is 2. The SMILES string of the molecule is COc1ccnc(N(Cc2ccco2)Cc2ccco2)n1. The predicted molar refractivity (Wildman–Crippen MR) is 75.9 cm³/mol. The maximum Gasteiger partial charge on any atom is 0.229 e. The lowest BCUT2D eigenvalue weighted by Gasteiger charge is -2.20. The fourth-order valence-electron chi connectivity index (χ4n) is 1.98. The van der Waals surface area contributed by atoms with Gasteiger partial charge >= 0.3 is 0 Å². The second-order valence-electron chi connectivity index (χ2n) is 4.41. The summed E-state index contributed by atoms with van der Waals surface area (Å²) in [6.07, 6.45) is 4.96. The molecule has 0 amide bonds. The van der Waals surface area contributed by atoms with E-state index in [4.69, 9.17) is 13.6 Å². The van der Waals surface area contributed by atoms with Crippen LogP contribution in [0, 0.1) is 0 Å². The van der Waals surface area contributed by atoms with E-state index in [0.717, 1.165) is 11.5 Å². The van der Waals surface area contributed by atoms with Gasteiger partial charge in [-0.3, -0.25) is 0 Å². The van der Waals surface area contributed by atoms with Crippen LogP contribution in [0.25, 0.3) is 0 Å². The van der Waals surface area contributed by atoms with E-state index in [1.807, 2.05) is 29.2 Å². The largest absolute Gasteiger partial charge is 0.481 e. The molecule has 3 aromatic rings. The quantitative estimate of drug-likeness (QED) is 0.694. The molecule has 0 aliphatic heterocycles. The molecule has 3 rings (SSSR count). The average Bonchev–Trinajstić information content (AvgIpc) is 3.20. The second-order valence-corrected chi connectivity index (χ2v) is 4.41. The van der Waals surface area contributed by atoms with Crippen LogP contribution < -0.4 is 9.64 Å². The first-order valence-electron chi connectivity index (χ1n) is 6.52. The van der Waals surface area contributed by atoms with Crippen molar-refractivity contribution in [1.29, 1.82) is 0 Å². The minimum absolute atomic E-state index is 0.517. The van der Waals surface area contributed by atoms with Crippen molar-refractivity contribution < 1.29 is 13.6 Å². The van der Waals surface area contributed by atoms with Crippen LogP contribution in [0.3, 0.4) is 0 Å². The lowest BCUT2D eigenvalue weighted by atomic mass is 10.3. The molecule has 0 aromatic carbocycles. The highest BCUT2D eigenvalue weighted by molar-refractivity contribution is 5.33. The first kappa shape index (κ1) is 13.2. The fourth-order valence-corrected chi connectivity index (χ4v) is 1.98. The Hall–Kier alpha value is -2.76. The predicted octanol–water partition coefficient (Wildman–Crippen LogP) is 2.88. The van der Waals surface area contributed by atoms with Crippen molar-refractivity contribution in [3.05, 3.63) is 60.6 Å². The van der Waals surface area contributed by atoms with Crippen LogP contribution in [0.4, 0.5) is 5.95 Å². The number of hydrogen-bond donors (Lipinski definition) is 0. The van der Waals surface area contributed by atoms with Gasteiger partial charge < -0.3 is 18.5 Å². The van der Waals surface area contributed by atoms with E-state index >= 15 is 0 Å². The van der Waals surface area contributed by atoms with Gasteiger partial charge in [0.05, 0.1) is 32.7 Å². The Morgan fingerprint density at radius 2 is 1.71 bits per heavy atom. The van der Waals surface area contributed by atoms with E-state index in [-0.39, 0.29) is 0 Å². The zero-order valence-electron chi connectivity index (χ0n) is 11.6. The monoisotopic (exact) mass is 285 g/mol. The highest BCUT2D eigenvalue weighted by Crippen LogP contribution is 2.18. The van der Waals surface area contributed by atoms with Crippen LogP contribution in [0.15, 0.2) is 57.9 Å². The molecule has 0 radical (unpaired) electrons. The van der Waals surface area contributed by atoms with Gasteiger partial charge in [-0.05, 0) is 24.3 Å². The molecule has 6 nitrogen and oxygen atoms in total. The maximum absolute atomic E-state index is 5.40. The number of aromatic nitrogens is 2. The molecular formula is C15H15N3O3. The number of ether oxygens (including phenoxy) is 1. The molecule has 0 unspecified atom stereocenters. The minimum atomic E-state index is 0.517. The summed E-state index contributed by atoms with van der Waals surface area (Å²) in [4.78, 5) is 10.6. The molecular weight excluding hydrogens is 270 g/mol. The third kappa shape index (κ3) is 3.22. The number of rotatable bonds is 6. The third-order valence-corrected chi connectivity index (χ3v) is 2.96. The highest BCUT2D eigenvalue weighted by atomic mass is 16.5. The molecule has 0 atom stereocenters. The molecule has 0 aliphatic carbocycles. The molecule has 0 saturated heterocycles. The molecule has 108 valence electrons. The summed E-state index contributed by atoms with van der Waals surface area (Å²) >= 11 is 0. The van der Waals surface area contributed by atoms with Crippen molar-refractivity contribution >= 4 is 5.95 Å². The van der Waals surface area contributed by atoms with E-state index in [1.165, 1.54) is 0 Å². The molecule has 0 spiro atoms. The Balaban J connectivity index is 1.86. The number of hydrogen-bond acceptors (Lipinski definition) is 6. The van der Waals surface area contributed by atoms with Crippen LogP contribution in [-0.2, 0) is 13.1 Å². The summed E-state index contributed by atoms with van der Waals surface area (Å²) in [6.45, 7) is 1.09. The van der Waals surface area contributed by atoms with Gasteiger partial charge in [-0.15, -0.1) is 0 Å². The van der Waals surface area contributed by atoms with Crippen LogP contribution in [0.2, 0.25) is 0 Å². The van der Waals surface area contributed by atoms with E-state index < -0.39 is 0 Å². The molecule has 0 aliphatic rings. The van der Waals surface area contributed by atoms with E-state index in [1.54, 1.807) is 31.9 Å². The first-order chi connectivity index (χ1) is 10.3. The summed E-state index contributed by atoms with van der Waals surface area (Å²) in [6, 6.07) is 9.24. The first-order valence-corrected chi connectivity index (χ1v) is 6.52. The number of nitrogens with zero attached hydrogens (tertiary/aromatic N) is 3. The van der Waals surface area contributed by atoms with Gasteiger partial charge in [0.2, 0.25) is 11.8 Å². The zero-order valence-corrected chi connectivity index (χ0v) is 11.6. The van der Waals surface area contributed by atoms with Gasteiger partial charge in [-0.1, -0.05) is 0 Å². The van der Waals surface area contributed by atoms with Gasteiger partial charge in [0.1, 0.15) is 11.5 Å². The molecule has 6 heteroatoms. The normalized spacial score (nSPS) is 10.5. The number of anilines is 1. The van der Waals surface area contributed by atoms with Crippen molar-refractivity contribution in [2.75, 3.05) is 12.0 Å². The lowest BCUT2D eigenvalue weighted by molar-refractivity contribution is 0.395. The van der Waals surface area contributed by atoms with Crippen molar-refractivity contribution in [2.45, 2.75) is 13.1 Å². The van der Waals surface area contributed by atoms with Crippen LogP contribution in [0.5, 0.6) is 5.88 Å². The Labute approximate surface area is 122 Å². The van der Waals surface area contributed by atoms with Crippen molar-refractivity contribution in [3.63, 3.8) is 0 Å². The minimum Gasteiger partial charge on any atom is -0.481 e. The van der Waals surface area contributed by atoms with Crippen molar-refractivity contribution in [3.8, 4) is 5.88 Å². The van der Waals surface area contributed by atoms with Gasteiger partial charge in [-0.2, -0.15) is 4.98 Å². The van der Waals surface area contributed by atoms with Gasteiger partial charge in [0, 0.05) is 12.3 Å². The zero-order chi connectivity index (χ0) is 14.5. The van der Waals surface area contributed by atoms with Crippen LogP contribution >= 0.6 is 0 Å². The number of methoxy groups -OCH3 is 1. The Kier molecular flexibility index (Phi) is 3.86. The fraction of sp³-hybridized carbons (Fsp3) is 0.200. The molecule has 0 N–H and O–H groups in total. The molecule has 0 saturated carbocycles. The third-order valence-electron chi connectivity index (χ3n) is 2.96. The Morgan fingerprint density at radius 1 is 1.05 bits per heavy atom. The molecule has 0 fully saturated rings. The molecule has 3 heterocycles. The van der Waals surface area contributed by atoms with E-state index in [2.05, 4.69) is 9.97 Å². The summed E-state index contributed by atoms with van der Waals surface area (Å²) in [5, 5.41) is 0. The lowest BCUT2D eigenvalue weighted by Crippen LogP contribution is -2.23. The Morgan fingerprint density at radius 3 is 2.24 bits per heavy atom. The van der Waals surface area contributed by atoms with Crippen LogP contribution in [-0.4, -0.2) is 17.1 Å². The second kappa shape index (κ2) is 6.13. The van der Waals surface area contributed by atoms with Gasteiger partial charge in [0.15, 0.2) is 0 Å². The summed E-state index contributed by atoms with van der Waals surface area (Å²) < 4.78 is 16.0. The van der Waals surface area contributed by atoms with E-state index in [9.17, 15) is 0 Å². The smallest absolute Gasteiger partial charge is 0.229 e. The highest BCUT2D eigenvalue weighted by Gasteiger charge is 2.14. The summed E-state index contributed by atoms with van der Waals surface area (Å²) in [7, 11) is 1.58. The molecule has 0 bridgehead atoms. The van der Waals surface area contributed by atoms with Crippen molar-refractivity contribution in [1.82, 2.24) is 9.97 Å². The standard InChI is InChI=1S/C15H15N3O3/c1-19-14-6-7-16-15(17-14)18(10-12-4-2-8-20-12)11-13-5-3-9-21-13/h2-9H,10-11H2,1H3. The maximum atomic E-state index is 5.40. The molecule has 3 aromatic heterocycles.